The summed E-state index contributed by atoms with van der Waals surface area (Å²) in [4.78, 5) is 14.9. The average Bonchev–Trinajstić information content (AvgIpc) is 2.80. The van der Waals surface area contributed by atoms with E-state index in [9.17, 15) is 13.2 Å². The van der Waals surface area contributed by atoms with Crippen LogP contribution < -0.4 is 0 Å². The molecule has 0 amide bonds. The molecule has 2 aliphatic rings. The van der Waals surface area contributed by atoms with Crippen LogP contribution in [0, 0.1) is 5.92 Å². The van der Waals surface area contributed by atoms with E-state index < -0.39 is 21.7 Å². The summed E-state index contributed by atoms with van der Waals surface area (Å²) in [6, 6.07) is 0. The molecule has 3 rings (SSSR count). The van der Waals surface area contributed by atoms with Crippen molar-refractivity contribution in [2.75, 3.05) is 11.5 Å². The van der Waals surface area contributed by atoms with Gasteiger partial charge in [0.25, 0.3) is 0 Å². The summed E-state index contributed by atoms with van der Waals surface area (Å²) >= 11 is 0. The largest absolute Gasteiger partial charge is 0.481 e. The number of carbonyl (C=O) groups is 1. The molecular formula is C10H12N2O5S. The summed E-state index contributed by atoms with van der Waals surface area (Å²) in [5, 5.41) is 12.6. The molecule has 8 heteroatoms. The van der Waals surface area contributed by atoms with Crippen LogP contribution >= 0.6 is 0 Å². The topological polar surface area (TPSA) is 110 Å². The van der Waals surface area contributed by atoms with Crippen molar-refractivity contribution in [3.8, 4) is 0 Å². The number of carboxylic acids is 1. The fourth-order valence-electron chi connectivity index (χ4n) is 2.30. The Balaban J connectivity index is 1.73. The van der Waals surface area contributed by atoms with Gasteiger partial charge in [0.1, 0.15) is 0 Å². The minimum Gasteiger partial charge on any atom is -0.481 e. The van der Waals surface area contributed by atoms with Crippen molar-refractivity contribution in [1.82, 2.24) is 10.1 Å². The maximum Gasteiger partial charge on any atom is 0.307 e. The van der Waals surface area contributed by atoms with E-state index in [1.807, 2.05) is 0 Å². The fraction of sp³-hybridized carbons (Fsp3) is 0.700. The summed E-state index contributed by atoms with van der Waals surface area (Å²) in [7, 11) is -2.98. The molecule has 0 bridgehead atoms. The highest BCUT2D eigenvalue weighted by Gasteiger charge is 2.48. The number of rotatable bonds is 3. The molecule has 18 heavy (non-hydrogen) atoms. The molecule has 98 valence electrons. The first-order chi connectivity index (χ1) is 8.46. The lowest BCUT2D eigenvalue weighted by Gasteiger charge is -1.97. The molecule has 1 aromatic heterocycles. The maximum atomic E-state index is 11.3. The molecule has 7 nitrogen and oxygen atoms in total. The van der Waals surface area contributed by atoms with E-state index in [1.165, 1.54) is 0 Å². The zero-order valence-electron chi connectivity index (χ0n) is 9.44. The van der Waals surface area contributed by atoms with Crippen LogP contribution in [0.5, 0.6) is 0 Å². The first-order valence-electron chi connectivity index (χ1n) is 5.73. The zero-order chi connectivity index (χ0) is 12.9. The van der Waals surface area contributed by atoms with Gasteiger partial charge in [0.2, 0.25) is 5.89 Å². The molecule has 0 radical (unpaired) electrons. The Kier molecular flexibility index (Phi) is 2.44. The van der Waals surface area contributed by atoms with Crippen molar-refractivity contribution in [1.29, 1.82) is 0 Å². The van der Waals surface area contributed by atoms with Gasteiger partial charge in [-0.2, -0.15) is 4.98 Å². The molecular weight excluding hydrogens is 260 g/mol. The minimum absolute atomic E-state index is 0.0546. The number of sulfone groups is 1. The molecule has 1 N–H and O–H groups in total. The highest BCUT2D eigenvalue weighted by Crippen LogP contribution is 2.47. The normalized spacial score (nSPS) is 33.4. The number of aromatic nitrogens is 2. The van der Waals surface area contributed by atoms with Gasteiger partial charge in [-0.1, -0.05) is 5.16 Å². The second-order valence-electron chi connectivity index (χ2n) is 4.88. The quantitative estimate of drug-likeness (QED) is 0.834. The van der Waals surface area contributed by atoms with Crippen molar-refractivity contribution in [2.24, 2.45) is 5.92 Å². The van der Waals surface area contributed by atoms with Crippen molar-refractivity contribution in [3.05, 3.63) is 11.7 Å². The lowest BCUT2D eigenvalue weighted by molar-refractivity contribution is -0.138. The van der Waals surface area contributed by atoms with E-state index in [0.29, 0.717) is 24.6 Å². The molecule has 3 unspecified atom stereocenters. The Morgan fingerprint density at radius 2 is 2.22 bits per heavy atom. The molecule has 3 atom stereocenters. The van der Waals surface area contributed by atoms with E-state index in [4.69, 9.17) is 9.63 Å². The third-order valence-corrected chi connectivity index (χ3v) is 5.25. The molecule has 1 saturated heterocycles. The van der Waals surface area contributed by atoms with Crippen molar-refractivity contribution < 1.29 is 22.8 Å². The fourth-order valence-corrected chi connectivity index (χ4v) is 4.04. The molecule has 2 heterocycles. The Labute approximate surface area is 103 Å². The summed E-state index contributed by atoms with van der Waals surface area (Å²) in [6.07, 6.45) is 1.02. The number of nitrogens with zero attached hydrogens (tertiary/aromatic N) is 2. The van der Waals surface area contributed by atoms with E-state index in [-0.39, 0.29) is 23.3 Å². The molecule has 0 spiro atoms. The van der Waals surface area contributed by atoms with Crippen LogP contribution in [0.1, 0.15) is 36.4 Å². The molecule has 2 fully saturated rings. The van der Waals surface area contributed by atoms with E-state index in [1.54, 1.807) is 0 Å². The third-order valence-electron chi connectivity index (χ3n) is 3.48. The Morgan fingerprint density at radius 1 is 1.44 bits per heavy atom. The van der Waals surface area contributed by atoms with Gasteiger partial charge in [0.15, 0.2) is 15.7 Å². The zero-order valence-corrected chi connectivity index (χ0v) is 10.3. The molecule has 1 aromatic rings. The van der Waals surface area contributed by atoms with Crippen LogP contribution in [0.2, 0.25) is 0 Å². The van der Waals surface area contributed by atoms with Gasteiger partial charge < -0.3 is 9.63 Å². The van der Waals surface area contributed by atoms with Crippen LogP contribution in [0.25, 0.3) is 0 Å². The molecule has 1 aliphatic heterocycles. The predicted octanol–water partition coefficient (Wildman–Crippen LogP) is 0.160. The van der Waals surface area contributed by atoms with Crippen LogP contribution in [0.15, 0.2) is 4.52 Å². The van der Waals surface area contributed by atoms with Gasteiger partial charge >= 0.3 is 5.97 Å². The van der Waals surface area contributed by atoms with Crippen LogP contribution in [-0.4, -0.2) is 41.1 Å². The van der Waals surface area contributed by atoms with Gasteiger partial charge in [0, 0.05) is 5.92 Å². The second kappa shape index (κ2) is 3.78. The van der Waals surface area contributed by atoms with Crippen molar-refractivity contribution >= 4 is 15.8 Å². The number of hydrogen-bond acceptors (Lipinski definition) is 6. The Morgan fingerprint density at radius 3 is 2.78 bits per heavy atom. The molecule has 0 aromatic carbocycles. The highest BCUT2D eigenvalue weighted by molar-refractivity contribution is 7.91. The first kappa shape index (κ1) is 11.6. The monoisotopic (exact) mass is 272 g/mol. The highest BCUT2D eigenvalue weighted by atomic mass is 32.2. The number of aliphatic carboxylic acids is 1. The van der Waals surface area contributed by atoms with Crippen molar-refractivity contribution in [2.45, 2.75) is 24.7 Å². The second-order valence-corrected chi connectivity index (χ2v) is 7.11. The third kappa shape index (κ3) is 2.00. The molecule has 1 aliphatic carbocycles. The van der Waals surface area contributed by atoms with Gasteiger partial charge in [-0.3, -0.25) is 4.79 Å². The Bertz CT molecular complexity index is 593. The summed E-state index contributed by atoms with van der Waals surface area (Å²) < 4.78 is 27.7. The SMILES string of the molecule is O=C(O)C1CC1c1nc(C2CCS(=O)(=O)C2)no1. The lowest BCUT2D eigenvalue weighted by Crippen LogP contribution is -2.05. The minimum atomic E-state index is -2.98. The van der Waals surface area contributed by atoms with E-state index in [0.717, 1.165) is 0 Å². The number of hydrogen-bond donors (Lipinski definition) is 1. The van der Waals surface area contributed by atoms with Gasteiger partial charge in [-0.15, -0.1) is 0 Å². The van der Waals surface area contributed by atoms with Crippen molar-refractivity contribution in [3.63, 3.8) is 0 Å². The predicted molar refractivity (Wildman–Crippen MR) is 58.8 cm³/mol. The van der Waals surface area contributed by atoms with Crippen LogP contribution in [0.3, 0.4) is 0 Å². The van der Waals surface area contributed by atoms with Crippen LogP contribution in [-0.2, 0) is 14.6 Å². The lowest BCUT2D eigenvalue weighted by atomic mass is 10.1. The average molecular weight is 272 g/mol. The molecule has 1 saturated carbocycles. The summed E-state index contributed by atoms with van der Waals surface area (Å²) in [5.74, 6) is -0.796. The summed E-state index contributed by atoms with van der Waals surface area (Å²) in [6.45, 7) is 0. The van der Waals surface area contributed by atoms with Gasteiger partial charge in [-0.05, 0) is 12.8 Å². The van der Waals surface area contributed by atoms with Crippen LogP contribution in [0.4, 0.5) is 0 Å². The van der Waals surface area contributed by atoms with Gasteiger partial charge in [-0.25, -0.2) is 8.42 Å². The standard InChI is InChI=1S/C10H12N2O5S/c13-10(14)7-3-6(7)9-11-8(12-17-9)5-1-2-18(15,16)4-5/h5-7H,1-4H2,(H,13,14). The Hall–Kier alpha value is -1.44. The number of carboxylic acid groups (broad SMARTS) is 1. The summed E-state index contributed by atoms with van der Waals surface area (Å²) in [5.41, 5.74) is 0. The maximum absolute atomic E-state index is 11.3. The van der Waals surface area contributed by atoms with Gasteiger partial charge in [0.05, 0.1) is 23.3 Å². The van der Waals surface area contributed by atoms with E-state index in [2.05, 4.69) is 10.1 Å². The van der Waals surface area contributed by atoms with E-state index >= 15 is 0 Å². The smallest absolute Gasteiger partial charge is 0.307 e. The first-order valence-corrected chi connectivity index (χ1v) is 7.55.